The SMILES string of the molecule is COC(=O)[C@H](C)N1C(=O)S/C(=C/c2cc(Cl)c(O)c(Br)c2)C1=O. The highest BCUT2D eigenvalue weighted by Crippen LogP contribution is 2.37. The number of nitrogens with zero attached hydrogens (tertiary/aromatic N) is 1. The fourth-order valence-electron chi connectivity index (χ4n) is 1.91. The Bertz CT molecular complexity index is 713. The number of ether oxygens (including phenoxy) is 1. The van der Waals surface area contributed by atoms with Crippen LogP contribution in [0.5, 0.6) is 5.75 Å². The van der Waals surface area contributed by atoms with Gasteiger partial charge in [0.2, 0.25) is 0 Å². The molecule has 0 aliphatic carbocycles. The van der Waals surface area contributed by atoms with E-state index in [1.807, 2.05) is 0 Å². The first-order valence-corrected chi connectivity index (χ1v) is 8.28. The number of carbonyl (C=O) groups is 3. The average molecular weight is 421 g/mol. The van der Waals surface area contributed by atoms with Crippen LogP contribution in [0.4, 0.5) is 4.79 Å². The number of amides is 2. The second kappa shape index (κ2) is 6.94. The van der Waals surface area contributed by atoms with Gasteiger partial charge in [-0.2, -0.15) is 0 Å². The van der Waals surface area contributed by atoms with E-state index in [2.05, 4.69) is 20.7 Å². The van der Waals surface area contributed by atoms with Crippen molar-refractivity contribution in [2.24, 2.45) is 0 Å². The third kappa shape index (κ3) is 3.54. The molecule has 1 N–H and O–H groups in total. The van der Waals surface area contributed by atoms with Crippen LogP contribution in [0.2, 0.25) is 5.02 Å². The molecule has 1 aromatic rings. The average Bonchev–Trinajstić information content (AvgIpc) is 2.77. The number of methoxy groups -OCH3 is 1. The molecule has 1 heterocycles. The van der Waals surface area contributed by atoms with Crippen LogP contribution in [0.15, 0.2) is 21.5 Å². The van der Waals surface area contributed by atoms with Gasteiger partial charge in [0, 0.05) is 0 Å². The Morgan fingerprint density at radius 2 is 2.13 bits per heavy atom. The molecule has 0 saturated carbocycles. The number of aromatic hydroxyl groups is 1. The summed E-state index contributed by atoms with van der Waals surface area (Å²) in [6.45, 7) is 1.42. The molecule has 0 bridgehead atoms. The molecule has 0 spiro atoms. The number of hydrogen-bond acceptors (Lipinski definition) is 6. The van der Waals surface area contributed by atoms with Gasteiger partial charge in [-0.3, -0.25) is 14.5 Å². The van der Waals surface area contributed by atoms with Gasteiger partial charge >= 0.3 is 5.97 Å². The molecule has 1 aliphatic rings. The third-order valence-corrected chi connectivity index (χ3v) is 4.87. The molecule has 2 amide bonds. The van der Waals surface area contributed by atoms with E-state index >= 15 is 0 Å². The maximum absolute atomic E-state index is 12.3. The highest BCUT2D eigenvalue weighted by atomic mass is 79.9. The largest absolute Gasteiger partial charge is 0.505 e. The van der Waals surface area contributed by atoms with Gasteiger partial charge in [-0.1, -0.05) is 11.6 Å². The van der Waals surface area contributed by atoms with Crippen LogP contribution >= 0.6 is 39.3 Å². The van der Waals surface area contributed by atoms with Crippen LogP contribution in [-0.2, 0) is 14.3 Å². The second-order valence-electron chi connectivity index (χ2n) is 4.58. The van der Waals surface area contributed by atoms with E-state index in [9.17, 15) is 19.5 Å². The highest BCUT2D eigenvalue weighted by molar-refractivity contribution is 9.10. The zero-order valence-electron chi connectivity index (χ0n) is 12.0. The Morgan fingerprint density at radius 1 is 1.48 bits per heavy atom. The zero-order chi connectivity index (χ0) is 17.3. The fraction of sp³-hybridized carbons (Fsp3) is 0.214. The predicted molar refractivity (Wildman–Crippen MR) is 90.1 cm³/mol. The standard InChI is InChI=1S/C14H11BrClNO5S/c1-6(13(20)22-2)17-12(19)10(23-14(17)21)5-7-3-8(15)11(18)9(16)4-7/h3-6,18H,1-2H3/b10-5+/t6-/m0/s1. The normalized spacial score (nSPS) is 17.7. The van der Waals surface area contributed by atoms with Gasteiger partial charge in [-0.15, -0.1) is 0 Å². The van der Waals surface area contributed by atoms with Gasteiger partial charge in [-0.25, -0.2) is 4.79 Å². The minimum Gasteiger partial charge on any atom is -0.505 e. The molecule has 122 valence electrons. The summed E-state index contributed by atoms with van der Waals surface area (Å²) < 4.78 is 4.91. The molecule has 0 radical (unpaired) electrons. The molecular weight excluding hydrogens is 410 g/mol. The van der Waals surface area contributed by atoms with Gasteiger partial charge in [0.15, 0.2) is 0 Å². The van der Waals surface area contributed by atoms with Gasteiger partial charge in [0.25, 0.3) is 11.1 Å². The molecule has 1 aromatic carbocycles. The number of thioether (sulfide) groups is 1. The molecule has 2 rings (SSSR count). The van der Waals surface area contributed by atoms with Crippen LogP contribution in [0.1, 0.15) is 12.5 Å². The quantitative estimate of drug-likeness (QED) is 0.596. The van der Waals surface area contributed by atoms with Gasteiger partial charge in [0.05, 0.1) is 21.5 Å². The fourth-order valence-corrected chi connectivity index (χ4v) is 3.64. The van der Waals surface area contributed by atoms with Crippen molar-refractivity contribution in [3.05, 3.63) is 32.1 Å². The first-order valence-electron chi connectivity index (χ1n) is 6.29. The van der Waals surface area contributed by atoms with Crippen molar-refractivity contribution in [2.45, 2.75) is 13.0 Å². The molecular formula is C14H11BrClNO5S. The molecule has 1 aliphatic heterocycles. The third-order valence-electron chi connectivity index (χ3n) is 3.09. The second-order valence-corrected chi connectivity index (χ2v) is 6.84. The smallest absolute Gasteiger partial charge is 0.328 e. The number of rotatable bonds is 3. The maximum atomic E-state index is 12.3. The van der Waals surface area contributed by atoms with E-state index in [4.69, 9.17) is 11.6 Å². The zero-order valence-corrected chi connectivity index (χ0v) is 15.2. The number of esters is 1. The van der Waals surface area contributed by atoms with E-state index in [0.29, 0.717) is 10.0 Å². The maximum Gasteiger partial charge on any atom is 0.328 e. The Balaban J connectivity index is 2.34. The van der Waals surface area contributed by atoms with Crippen molar-refractivity contribution in [1.29, 1.82) is 0 Å². The number of benzene rings is 1. The summed E-state index contributed by atoms with van der Waals surface area (Å²) in [5, 5.41) is 9.16. The molecule has 1 fully saturated rings. The van der Waals surface area contributed by atoms with E-state index in [1.165, 1.54) is 26.2 Å². The van der Waals surface area contributed by atoms with E-state index in [1.54, 1.807) is 6.07 Å². The molecule has 6 nitrogen and oxygen atoms in total. The summed E-state index contributed by atoms with van der Waals surface area (Å²) in [6.07, 6.45) is 1.46. The first-order chi connectivity index (χ1) is 10.8. The number of halogens is 2. The number of imide groups is 1. The molecule has 1 atom stereocenters. The van der Waals surface area contributed by atoms with Gasteiger partial charge in [-0.05, 0) is 58.4 Å². The summed E-state index contributed by atoms with van der Waals surface area (Å²) in [5.74, 6) is -1.38. The summed E-state index contributed by atoms with van der Waals surface area (Å²) in [5.41, 5.74) is 0.524. The van der Waals surface area contributed by atoms with Crippen molar-refractivity contribution >= 4 is 62.5 Å². The first kappa shape index (κ1) is 17.8. The van der Waals surface area contributed by atoms with E-state index in [-0.39, 0.29) is 15.7 Å². The minimum atomic E-state index is -1.01. The van der Waals surface area contributed by atoms with Crippen molar-refractivity contribution in [1.82, 2.24) is 4.90 Å². The Labute approximate surface area is 149 Å². The highest BCUT2D eigenvalue weighted by Gasteiger charge is 2.41. The Kier molecular flexibility index (Phi) is 5.38. The summed E-state index contributed by atoms with van der Waals surface area (Å²) in [7, 11) is 1.18. The topological polar surface area (TPSA) is 83.9 Å². The lowest BCUT2D eigenvalue weighted by Crippen LogP contribution is -2.42. The van der Waals surface area contributed by atoms with Crippen molar-refractivity contribution in [3.63, 3.8) is 0 Å². The number of phenols is 1. The lowest BCUT2D eigenvalue weighted by Gasteiger charge is -2.18. The minimum absolute atomic E-state index is 0.104. The van der Waals surface area contributed by atoms with Gasteiger partial charge in [0.1, 0.15) is 11.8 Å². The number of carbonyl (C=O) groups excluding carboxylic acids is 3. The van der Waals surface area contributed by atoms with Crippen molar-refractivity contribution in [2.75, 3.05) is 7.11 Å². The molecule has 0 unspecified atom stereocenters. The molecule has 9 heteroatoms. The van der Waals surface area contributed by atoms with E-state index in [0.717, 1.165) is 16.7 Å². The predicted octanol–water partition coefficient (Wildman–Crippen LogP) is 3.41. The monoisotopic (exact) mass is 419 g/mol. The van der Waals surface area contributed by atoms with Crippen LogP contribution in [0.25, 0.3) is 6.08 Å². The number of hydrogen-bond donors (Lipinski definition) is 1. The van der Waals surface area contributed by atoms with Crippen LogP contribution in [0.3, 0.4) is 0 Å². The van der Waals surface area contributed by atoms with E-state index < -0.39 is 23.2 Å². The van der Waals surface area contributed by atoms with Crippen molar-refractivity contribution < 1.29 is 24.2 Å². The molecule has 1 saturated heterocycles. The Morgan fingerprint density at radius 3 is 2.70 bits per heavy atom. The van der Waals surface area contributed by atoms with Gasteiger partial charge < -0.3 is 9.84 Å². The lowest BCUT2D eigenvalue weighted by atomic mass is 10.2. The molecule has 0 aromatic heterocycles. The summed E-state index contributed by atoms with van der Waals surface area (Å²) in [6, 6.07) is 2.01. The van der Waals surface area contributed by atoms with Crippen LogP contribution in [-0.4, -0.2) is 40.3 Å². The van der Waals surface area contributed by atoms with Crippen molar-refractivity contribution in [3.8, 4) is 5.75 Å². The lowest BCUT2D eigenvalue weighted by molar-refractivity contribution is -0.148. The Hall–Kier alpha value is -1.51. The summed E-state index contributed by atoms with van der Waals surface area (Å²) >= 11 is 9.73. The number of phenolic OH excluding ortho intramolecular Hbond substituents is 1. The summed E-state index contributed by atoms with van der Waals surface area (Å²) in [4.78, 5) is 36.8. The van der Waals surface area contributed by atoms with Crippen LogP contribution in [0, 0.1) is 0 Å². The van der Waals surface area contributed by atoms with Crippen LogP contribution < -0.4 is 0 Å². The molecule has 23 heavy (non-hydrogen) atoms.